The Morgan fingerprint density at radius 3 is 2.38 bits per heavy atom. The fourth-order valence-electron chi connectivity index (χ4n) is 2.37. The molecule has 1 rings (SSSR count). The number of ether oxygens (including phenoxy) is 1. The molecule has 21 heavy (non-hydrogen) atoms. The Morgan fingerprint density at radius 1 is 1.19 bits per heavy atom. The highest BCUT2D eigenvalue weighted by Crippen LogP contribution is 2.23. The number of carbonyl (C=O) groups is 1. The van der Waals surface area contributed by atoms with Crippen LogP contribution in [0.15, 0.2) is 24.3 Å². The standard InChI is InChI=1S/C17H26FNO2/c1-4-5-6-7-8-13-17(2,16(20)21-3)19-15-11-9-14(18)10-12-15/h9-12,19H,4-8,13H2,1-3H3. The van der Waals surface area contributed by atoms with E-state index in [0.29, 0.717) is 6.42 Å². The number of rotatable bonds is 9. The third-order valence-corrected chi connectivity index (χ3v) is 3.68. The van der Waals surface area contributed by atoms with Crippen LogP contribution in [0.25, 0.3) is 0 Å². The Labute approximate surface area is 126 Å². The fourth-order valence-corrected chi connectivity index (χ4v) is 2.37. The van der Waals surface area contributed by atoms with Gasteiger partial charge in [-0.2, -0.15) is 0 Å². The summed E-state index contributed by atoms with van der Waals surface area (Å²) in [6, 6.07) is 6.02. The first-order valence-corrected chi connectivity index (χ1v) is 7.64. The van der Waals surface area contributed by atoms with Crippen LogP contribution in [0.1, 0.15) is 52.4 Å². The van der Waals surface area contributed by atoms with Gasteiger partial charge in [-0.25, -0.2) is 9.18 Å². The van der Waals surface area contributed by atoms with Crippen molar-refractivity contribution in [1.29, 1.82) is 0 Å². The van der Waals surface area contributed by atoms with Gasteiger partial charge in [0.15, 0.2) is 0 Å². The van der Waals surface area contributed by atoms with Gasteiger partial charge >= 0.3 is 5.97 Å². The van der Waals surface area contributed by atoms with Gasteiger partial charge in [0.1, 0.15) is 11.4 Å². The van der Waals surface area contributed by atoms with Crippen molar-refractivity contribution in [3.8, 4) is 0 Å². The number of carbonyl (C=O) groups excluding carboxylic acids is 1. The van der Waals surface area contributed by atoms with E-state index in [1.54, 1.807) is 12.1 Å². The van der Waals surface area contributed by atoms with Crippen molar-refractivity contribution in [3.05, 3.63) is 30.1 Å². The molecule has 0 saturated heterocycles. The zero-order valence-corrected chi connectivity index (χ0v) is 13.2. The average molecular weight is 295 g/mol. The molecule has 3 nitrogen and oxygen atoms in total. The van der Waals surface area contributed by atoms with E-state index in [9.17, 15) is 9.18 Å². The van der Waals surface area contributed by atoms with Crippen molar-refractivity contribution in [2.75, 3.05) is 12.4 Å². The molecule has 1 aromatic carbocycles. The van der Waals surface area contributed by atoms with Crippen molar-refractivity contribution in [3.63, 3.8) is 0 Å². The van der Waals surface area contributed by atoms with E-state index in [-0.39, 0.29) is 11.8 Å². The Morgan fingerprint density at radius 2 is 1.81 bits per heavy atom. The quantitative estimate of drug-likeness (QED) is 0.537. The maximum atomic E-state index is 12.9. The van der Waals surface area contributed by atoms with E-state index in [1.807, 2.05) is 6.92 Å². The number of hydrogen-bond donors (Lipinski definition) is 1. The largest absolute Gasteiger partial charge is 0.467 e. The highest BCUT2D eigenvalue weighted by molar-refractivity contribution is 5.83. The number of anilines is 1. The maximum Gasteiger partial charge on any atom is 0.331 e. The Kier molecular flexibility index (Phi) is 7.20. The molecule has 118 valence electrons. The molecule has 1 N–H and O–H groups in total. The van der Waals surface area contributed by atoms with Crippen LogP contribution in [0.3, 0.4) is 0 Å². The third kappa shape index (κ3) is 5.74. The minimum atomic E-state index is -0.779. The molecule has 0 radical (unpaired) electrons. The van der Waals surface area contributed by atoms with E-state index >= 15 is 0 Å². The number of unbranched alkanes of at least 4 members (excludes halogenated alkanes) is 4. The van der Waals surface area contributed by atoms with Crippen LogP contribution < -0.4 is 5.32 Å². The van der Waals surface area contributed by atoms with E-state index < -0.39 is 5.54 Å². The third-order valence-electron chi connectivity index (χ3n) is 3.68. The van der Waals surface area contributed by atoms with Crippen molar-refractivity contribution >= 4 is 11.7 Å². The topological polar surface area (TPSA) is 38.3 Å². The summed E-state index contributed by atoms with van der Waals surface area (Å²) in [7, 11) is 1.39. The van der Waals surface area contributed by atoms with Gasteiger partial charge in [-0.15, -0.1) is 0 Å². The normalized spacial score (nSPS) is 13.5. The maximum absolute atomic E-state index is 12.9. The lowest BCUT2D eigenvalue weighted by Gasteiger charge is -2.29. The summed E-state index contributed by atoms with van der Waals surface area (Å²) >= 11 is 0. The summed E-state index contributed by atoms with van der Waals surface area (Å²) in [6.07, 6.45) is 6.36. The van der Waals surface area contributed by atoms with Crippen LogP contribution in [-0.4, -0.2) is 18.6 Å². The molecule has 1 atom stereocenters. The predicted octanol–water partition coefficient (Wildman–Crippen LogP) is 4.53. The number of halogens is 1. The first-order valence-electron chi connectivity index (χ1n) is 7.64. The average Bonchev–Trinajstić information content (AvgIpc) is 2.48. The lowest BCUT2D eigenvalue weighted by Crippen LogP contribution is -2.44. The van der Waals surface area contributed by atoms with Crippen LogP contribution in [-0.2, 0) is 9.53 Å². The molecule has 0 amide bonds. The zero-order chi connectivity index (χ0) is 15.7. The molecule has 0 aromatic heterocycles. The predicted molar refractivity (Wildman–Crippen MR) is 83.8 cm³/mol. The van der Waals surface area contributed by atoms with Crippen LogP contribution in [0.5, 0.6) is 0 Å². The minimum absolute atomic E-state index is 0.290. The smallest absolute Gasteiger partial charge is 0.331 e. The van der Waals surface area contributed by atoms with Gasteiger partial charge in [0.05, 0.1) is 7.11 Å². The fraction of sp³-hybridized carbons (Fsp3) is 0.588. The van der Waals surface area contributed by atoms with Crippen molar-refractivity contribution < 1.29 is 13.9 Å². The Hall–Kier alpha value is -1.58. The van der Waals surface area contributed by atoms with Gasteiger partial charge in [-0.05, 0) is 37.6 Å². The monoisotopic (exact) mass is 295 g/mol. The highest BCUT2D eigenvalue weighted by atomic mass is 19.1. The molecule has 1 aromatic rings. The number of esters is 1. The molecule has 4 heteroatoms. The van der Waals surface area contributed by atoms with E-state index in [0.717, 1.165) is 18.5 Å². The molecule has 0 aliphatic carbocycles. The van der Waals surface area contributed by atoms with E-state index in [4.69, 9.17) is 4.74 Å². The summed E-state index contributed by atoms with van der Waals surface area (Å²) < 4.78 is 17.9. The summed E-state index contributed by atoms with van der Waals surface area (Å²) in [6.45, 7) is 4.01. The lowest BCUT2D eigenvalue weighted by molar-refractivity contribution is -0.145. The van der Waals surface area contributed by atoms with Crippen molar-refractivity contribution in [2.45, 2.75) is 57.9 Å². The summed E-state index contributed by atoms with van der Waals surface area (Å²) in [5.41, 5.74) is -0.0587. The summed E-state index contributed by atoms with van der Waals surface area (Å²) in [5, 5.41) is 3.18. The molecular formula is C17H26FNO2. The van der Waals surface area contributed by atoms with Crippen molar-refractivity contribution in [1.82, 2.24) is 0 Å². The SMILES string of the molecule is CCCCCCCC(C)(Nc1ccc(F)cc1)C(=O)OC. The van der Waals surface area contributed by atoms with Crippen LogP contribution in [0.4, 0.5) is 10.1 Å². The van der Waals surface area contributed by atoms with Gasteiger partial charge < -0.3 is 10.1 Å². The van der Waals surface area contributed by atoms with E-state index in [2.05, 4.69) is 12.2 Å². The van der Waals surface area contributed by atoms with Gasteiger partial charge in [-0.3, -0.25) is 0 Å². The minimum Gasteiger partial charge on any atom is -0.467 e. The zero-order valence-electron chi connectivity index (χ0n) is 13.2. The molecule has 0 aliphatic heterocycles. The van der Waals surface area contributed by atoms with Gasteiger partial charge in [-0.1, -0.05) is 39.0 Å². The first kappa shape index (κ1) is 17.5. The lowest BCUT2D eigenvalue weighted by atomic mass is 9.93. The molecule has 0 fully saturated rings. The molecule has 0 heterocycles. The molecule has 1 unspecified atom stereocenters. The molecule has 0 aliphatic rings. The second-order valence-corrected chi connectivity index (χ2v) is 5.62. The van der Waals surface area contributed by atoms with Crippen molar-refractivity contribution in [2.24, 2.45) is 0 Å². The second kappa shape index (κ2) is 8.65. The van der Waals surface area contributed by atoms with Gasteiger partial charge in [0, 0.05) is 5.69 Å². The number of benzene rings is 1. The number of nitrogens with one attached hydrogen (secondary N) is 1. The van der Waals surface area contributed by atoms with Gasteiger partial charge in [0.2, 0.25) is 0 Å². The molecule has 0 spiro atoms. The van der Waals surface area contributed by atoms with Crippen LogP contribution >= 0.6 is 0 Å². The Balaban J connectivity index is 2.64. The summed E-state index contributed by atoms with van der Waals surface area (Å²) in [4.78, 5) is 12.1. The molecule has 0 bridgehead atoms. The van der Waals surface area contributed by atoms with Crippen LogP contribution in [0, 0.1) is 5.82 Å². The summed E-state index contributed by atoms with van der Waals surface area (Å²) in [5.74, 6) is -0.581. The van der Waals surface area contributed by atoms with Gasteiger partial charge in [0.25, 0.3) is 0 Å². The second-order valence-electron chi connectivity index (χ2n) is 5.62. The molecule has 0 saturated carbocycles. The first-order chi connectivity index (χ1) is 10.0. The highest BCUT2D eigenvalue weighted by Gasteiger charge is 2.33. The van der Waals surface area contributed by atoms with Crippen LogP contribution in [0.2, 0.25) is 0 Å². The number of hydrogen-bond acceptors (Lipinski definition) is 3. The Bertz CT molecular complexity index is 433. The van der Waals surface area contributed by atoms with E-state index in [1.165, 1.54) is 38.5 Å². The molecular weight excluding hydrogens is 269 g/mol. The number of methoxy groups -OCH3 is 1.